The van der Waals surface area contributed by atoms with Crippen LogP contribution in [0, 0.1) is 0 Å². The Morgan fingerprint density at radius 1 is 0.500 bits per heavy atom. The summed E-state index contributed by atoms with van der Waals surface area (Å²) in [6.45, 7) is 0. The first-order valence-corrected chi connectivity index (χ1v) is 10.3. The SMILES string of the molecule is c1ccc2cc3c(cc2c1)sc1cc2c(cc13)[nH]c1ccc3ccccc3c12. The van der Waals surface area contributed by atoms with Crippen molar-refractivity contribution >= 4 is 74.9 Å². The van der Waals surface area contributed by atoms with Crippen molar-refractivity contribution in [3.05, 3.63) is 84.9 Å². The van der Waals surface area contributed by atoms with Crippen molar-refractivity contribution in [1.29, 1.82) is 0 Å². The molecule has 0 saturated heterocycles. The van der Waals surface area contributed by atoms with Gasteiger partial charge in [0.05, 0.1) is 0 Å². The second-order valence-electron chi connectivity index (χ2n) is 7.53. The molecule has 130 valence electrons. The lowest BCUT2D eigenvalue weighted by molar-refractivity contribution is 1.56. The van der Waals surface area contributed by atoms with Gasteiger partial charge < -0.3 is 4.98 Å². The summed E-state index contributed by atoms with van der Waals surface area (Å²) in [5.41, 5.74) is 2.42. The van der Waals surface area contributed by atoms with E-state index in [2.05, 4.69) is 89.9 Å². The van der Waals surface area contributed by atoms with E-state index in [9.17, 15) is 0 Å². The van der Waals surface area contributed by atoms with E-state index < -0.39 is 0 Å². The molecule has 0 radical (unpaired) electrons. The topological polar surface area (TPSA) is 15.8 Å². The van der Waals surface area contributed by atoms with E-state index in [-0.39, 0.29) is 0 Å². The molecule has 0 aliphatic heterocycles. The van der Waals surface area contributed by atoms with Crippen LogP contribution in [0.15, 0.2) is 84.9 Å². The molecule has 7 aromatic rings. The zero-order chi connectivity index (χ0) is 18.2. The first kappa shape index (κ1) is 14.7. The van der Waals surface area contributed by atoms with Crippen molar-refractivity contribution in [3.63, 3.8) is 0 Å². The van der Waals surface area contributed by atoms with Crippen LogP contribution in [0.4, 0.5) is 0 Å². The molecule has 7 rings (SSSR count). The van der Waals surface area contributed by atoms with Crippen LogP contribution in [0.2, 0.25) is 0 Å². The predicted molar refractivity (Wildman–Crippen MR) is 124 cm³/mol. The molecular weight excluding hydrogens is 358 g/mol. The third kappa shape index (κ3) is 1.85. The maximum atomic E-state index is 3.66. The van der Waals surface area contributed by atoms with Gasteiger partial charge in [-0.3, -0.25) is 0 Å². The summed E-state index contributed by atoms with van der Waals surface area (Å²) in [6, 6.07) is 31.1. The number of aromatic nitrogens is 1. The van der Waals surface area contributed by atoms with E-state index in [1.165, 1.54) is 63.5 Å². The summed E-state index contributed by atoms with van der Waals surface area (Å²) in [5.74, 6) is 0. The summed E-state index contributed by atoms with van der Waals surface area (Å²) >= 11 is 1.89. The van der Waals surface area contributed by atoms with Crippen molar-refractivity contribution < 1.29 is 0 Å². The molecule has 0 unspecified atom stereocenters. The second kappa shape index (κ2) is 5.12. The van der Waals surface area contributed by atoms with Crippen molar-refractivity contribution in [2.45, 2.75) is 0 Å². The Hall–Kier alpha value is -3.36. The number of hydrogen-bond donors (Lipinski definition) is 1. The molecule has 0 aliphatic carbocycles. The molecule has 28 heavy (non-hydrogen) atoms. The van der Waals surface area contributed by atoms with Gasteiger partial charge in [-0.25, -0.2) is 0 Å². The molecule has 0 spiro atoms. The molecule has 0 atom stereocenters. The van der Waals surface area contributed by atoms with Gasteiger partial charge >= 0.3 is 0 Å². The minimum absolute atomic E-state index is 1.21. The maximum Gasteiger partial charge on any atom is 0.0472 e. The molecule has 2 heteroatoms. The Balaban J connectivity index is 1.67. The van der Waals surface area contributed by atoms with E-state index in [1.54, 1.807) is 0 Å². The van der Waals surface area contributed by atoms with Gasteiger partial charge in [-0.1, -0.05) is 54.6 Å². The first-order valence-electron chi connectivity index (χ1n) is 9.53. The van der Waals surface area contributed by atoms with E-state index in [4.69, 9.17) is 0 Å². The third-order valence-electron chi connectivity index (χ3n) is 5.95. The maximum absolute atomic E-state index is 3.66. The number of fused-ring (bicyclic) bond motifs is 9. The Morgan fingerprint density at radius 3 is 2.11 bits per heavy atom. The molecule has 0 aliphatic rings. The summed E-state index contributed by atoms with van der Waals surface area (Å²) < 4.78 is 2.71. The highest BCUT2D eigenvalue weighted by Gasteiger charge is 2.12. The van der Waals surface area contributed by atoms with Crippen molar-refractivity contribution in [1.82, 2.24) is 4.98 Å². The van der Waals surface area contributed by atoms with Crippen LogP contribution in [-0.2, 0) is 0 Å². The van der Waals surface area contributed by atoms with Gasteiger partial charge in [-0.15, -0.1) is 11.3 Å². The van der Waals surface area contributed by atoms with Crippen molar-refractivity contribution in [2.75, 3.05) is 0 Å². The third-order valence-corrected chi connectivity index (χ3v) is 7.06. The van der Waals surface area contributed by atoms with Gasteiger partial charge in [0.1, 0.15) is 0 Å². The van der Waals surface area contributed by atoms with E-state index in [0.717, 1.165) is 0 Å². The Kier molecular flexibility index (Phi) is 2.68. The number of hydrogen-bond acceptors (Lipinski definition) is 1. The van der Waals surface area contributed by atoms with E-state index in [0.29, 0.717) is 0 Å². The fourth-order valence-corrected chi connectivity index (χ4v) is 5.79. The quantitative estimate of drug-likeness (QED) is 0.277. The average Bonchev–Trinajstić information content (AvgIpc) is 3.27. The largest absolute Gasteiger partial charge is 0.354 e. The molecule has 1 N–H and O–H groups in total. The molecule has 0 amide bonds. The molecular formula is C26H15NS. The lowest BCUT2D eigenvalue weighted by atomic mass is 10.0. The number of benzene rings is 5. The molecule has 1 nitrogen and oxygen atoms in total. The summed E-state index contributed by atoms with van der Waals surface area (Å²) in [6.07, 6.45) is 0. The van der Waals surface area contributed by atoms with Crippen LogP contribution in [0.5, 0.6) is 0 Å². The minimum Gasteiger partial charge on any atom is -0.354 e. The van der Waals surface area contributed by atoms with Gasteiger partial charge in [-0.2, -0.15) is 0 Å². The zero-order valence-electron chi connectivity index (χ0n) is 15.0. The minimum atomic E-state index is 1.21. The fraction of sp³-hybridized carbons (Fsp3) is 0. The molecule has 0 bridgehead atoms. The van der Waals surface area contributed by atoms with Gasteiger partial charge in [0.25, 0.3) is 0 Å². The summed E-state index contributed by atoms with van der Waals surface area (Å²) in [5, 5.41) is 10.6. The van der Waals surface area contributed by atoms with Gasteiger partial charge in [-0.05, 0) is 51.9 Å². The van der Waals surface area contributed by atoms with Crippen LogP contribution in [0.3, 0.4) is 0 Å². The average molecular weight is 373 g/mol. The molecule has 5 aromatic carbocycles. The molecule has 2 heterocycles. The lowest BCUT2D eigenvalue weighted by Crippen LogP contribution is -1.74. The monoisotopic (exact) mass is 373 g/mol. The highest BCUT2D eigenvalue weighted by molar-refractivity contribution is 7.26. The van der Waals surface area contributed by atoms with E-state index >= 15 is 0 Å². The predicted octanol–water partition coefficient (Wildman–Crippen LogP) is 8.00. The Morgan fingerprint density at radius 2 is 1.21 bits per heavy atom. The standard InChI is InChI=1S/C26H15NS/c1-2-7-17-12-24-19(11-16(17)6-1)20-13-23-21(14-25(20)28-24)26-18-8-4-3-5-15(18)9-10-22(26)27-23/h1-14,27H. The van der Waals surface area contributed by atoms with Crippen LogP contribution in [0.25, 0.3) is 63.5 Å². The summed E-state index contributed by atoms with van der Waals surface area (Å²) in [7, 11) is 0. The Bertz CT molecular complexity index is 1720. The van der Waals surface area contributed by atoms with Crippen LogP contribution in [0.1, 0.15) is 0 Å². The van der Waals surface area contributed by atoms with Gasteiger partial charge in [0, 0.05) is 42.0 Å². The Labute approximate surface area is 164 Å². The normalized spacial score (nSPS) is 12.3. The van der Waals surface area contributed by atoms with Crippen LogP contribution in [-0.4, -0.2) is 4.98 Å². The van der Waals surface area contributed by atoms with Crippen molar-refractivity contribution in [3.8, 4) is 0 Å². The van der Waals surface area contributed by atoms with E-state index in [1.807, 2.05) is 11.3 Å². The highest BCUT2D eigenvalue weighted by Crippen LogP contribution is 2.41. The highest BCUT2D eigenvalue weighted by atomic mass is 32.1. The van der Waals surface area contributed by atoms with Gasteiger partial charge in [0.2, 0.25) is 0 Å². The smallest absolute Gasteiger partial charge is 0.0472 e. The molecule has 0 saturated carbocycles. The lowest BCUT2D eigenvalue weighted by Gasteiger charge is -2.00. The van der Waals surface area contributed by atoms with Crippen LogP contribution < -0.4 is 0 Å². The number of rotatable bonds is 0. The van der Waals surface area contributed by atoms with Crippen molar-refractivity contribution in [2.24, 2.45) is 0 Å². The number of aromatic amines is 1. The fourth-order valence-electron chi connectivity index (χ4n) is 4.63. The summed E-state index contributed by atoms with van der Waals surface area (Å²) in [4.78, 5) is 3.66. The number of nitrogens with one attached hydrogen (secondary N) is 1. The second-order valence-corrected chi connectivity index (χ2v) is 8.61. The van der Waals surface area contributed by atoms with Gasteiger partial charge in [0.15, 0.2) is 0 Å². The molecule has 2 aromatic heterocycles. The molecule has 0 fully saturated rings. The van der Waals surface area contributed by atoms with Crippen LogP contribution >= 0.6 is 11.3 Å². The number of H-pyrrole nitrogens is 1. The zero-order valence-corrected chi connectivity index (χ0v) is 15.8. The first-order chi connectivity index (χ1) is 13.8. The number of thiophene rings is 1.